The molecule has 5 heteroatoms. The Morgan fingerprint density at radius 3 is 2.79 bits per heavy atom. The summed E-state index contributed by atoms with van der Waals surface area (Å²) in [5.41, 5.74) is 4.44. The molecule has 0 atom stereocenters. The van der Waals surface area contributed by atoms with Crippen LogP contribution < -0.4 is 10.1 Å². The average Bonchev–Trinajstić information content (AvgIpc) is 2.94. The number of fused-ring (bicyclic) bond motifs is 1. The molecule has 0 saturated heterocycles. The predicted molar refractivity (Wildman–Crippen MR) is 94.0 cm³/mol. The quantitative estimate of drug-likeness (QED) is 0.680. The summed E-state index contributed by atoms with van der Waals surface area (Å²) in [7, 11) is 0. The van der Waals surface area contributed by atoms with Crippen LogP contribution in [0, 0.1) is 13.8 Å². The number of benzene rings is 2. The highest BCUT2D eigenvalue weighted by Gasteiger charge is 2.10. The molecule has 0 aliphatic rings. The molecule has 3 aromatic rings. The molecule has 0 fully saturated rings. The van der Waals surface area contributed by atoms with E-state index in [1.54, 1.807) is 0 Å². The third-order valence-electron chi connectivity index (χ3n) is 4.14. The standard InChI is InChI=1S/C19H21N3O2/c1-14-7-8-16(11-15(14)2)24-10-9-22-18-6-4-3-5-17(18)21-19(22)12-20-13-23/h3-8,11,13H,9-10,12H2,1-2H3,(H,20,23). The topological polar surface area (TPSA) is 56.1 Å². The van der Waals surface area contributed by atoms with Gasteiger partial charge in [0.2, 0.25) is 6.41 Å². The third kappa shape index (κ3) is 3.40. The van der Waals surface area contributed by atoms with E-state index in [0.717, 1.165) is 22.6 Å². The van der Waals surface area contributed by atoms with Crippen LogP contribution in [0.25, 0.3) is 11.0 Å². The van der Waals surface area contributed by atoms with Gasteiger partial charge in [0, 0.05) is 0 Å². The van der Waals surface area contributed by atoms with Gasteiger partial charge in [0.15, 0.2) is 0 Å². The van der Waals surface area contributed by atoms with Gasteiger partial charge in [-0.2, -0.15) is 0 Å². The van der Waals surface area contributed by atoms with Crippen molar-refractivity contribution in [2.75, 3.05) is 6.61 Å². The van der Waals surface area contributed by atoms with Crippen molar-refractivity contribution in [3.8, 4) is 5.75 Å². The molecule has 0 spiro atoms. The van der Waals surface area contributed by atoms with Crippen molar-refractivity contribution in [1.29, 1.82) is 0 Å². The molecule has 0 unspecified atom stereocenters. The van der Waals surface area contributed by atoms with Gasteiger partial charge in [-0.15, -0.1) is 0 Å². The number of rotatable bonds is 7. The first-order chi connectivity index (χ1) is 11.7. The molecule has 5 nitrogen and oxygen atoms in total. The summed E-state index contributed by atoms with van der Waals surface area (Å²) >= 11 is 0. The maximum absolute atomic E-state index is 10.6. The van der Waals surface area contributed by atoms with Crippen LogP contribution in [0.5, 0.6) is 5.75 Å². The fraction of sp³-hybridized carbons (Fsp3) is 0.263. The van der Waals surface area contributed by atoms with Gasteiger partial charge >= 0.3 is 0 Å². The Balaban J connectivity index is 1.75. The van der Waals surface area contributed by atoms with Crippen LogP contribution >= 0.6 is 0 Å². The Hall–Kier alpha value is -2.82. The van der Waals surface area contributed by atoms with E-state index in [9.17, 15) is 4.79 Å². The minimum Gasteiger partial charge on any atom is -0.492 e. The molecule has 0 aliphatic carbocycles. The molecule has 1 amide bonds. The molecule has 0 bridgehead atoms. The Bertz CT molecular complexity index is 855. The van der Waals surface area contributed by atoms with Crippen LogP contribution in [0.1, 0.15) is 17.0 Å². The number of imidazole rings is 1. The van der Waals surface area contributed by atoms with Crippen LogP contribution in [-0.2, 0) is 17.9 Å². The number of para-hydroxylation sites is 2. The van der Waals surface area contributed by atoms with Crippen molar-refractivity contribution < 1.29 is 9.53 Å². The highest BCUT2D eigenvalue weighted by atomic mass is 16.5. The van der Waals surface area contributed by atoms with E-state index in [4.69, 9.17) is 4.74 Å². The number of hydrogen-bond donors (Lipinski definition) is 1. The van der Waals surface area contributed by atoms with E-state index >= 15 is 0 Å². The van der Waals surface area contributed by atoms with E-state index in [-0.39, 0.29) is 0 Å². The van der Waals surface area contributed by atoms with Gasteiger partial charge in [-0.25, -0.2) is 4.98 Å². The molecule has 0 radical (unpaired) electrons. The molecule has 1 aromatic heterocycles. The summed E-state index contributed by atoms with van der Waals surface area (Å²) in [6.07, 6.45) is 0.690. The van der Waals surface area contributed by atoms with Crippen molar-refractivity contribution in [3.05, 3.63) is 59.4 Å². The smallest absolute Gasteiger partial charge is 0.207 e. The van der Waals surface area contributed by atoms with Crippen molar-refractivity contribution in [2.24, 2.45) is 0 Å². The third-order valence-corrected chi connectivity index (χ3v) is 4.14. The summed E-state index contributed by atoms with van der Waals surface area (Å²) in [4.78, 5) is 15.2. The molecule has 2 aromatic carbocycles. The zero-order valence-electron chi connectivity index (χ0n) is 14.0. The van der Waals surface area contributed by atoms with E-state index in [1.165, 1.54) is 11.1 Å². The first kappa shape index (κ1) is 16.1. The normalized spacial score (nSPS) is 10.8. The summed E-state index contributed by atoms with van der Waals surface area (Å²) in [5.74, 6) is 1.70. The largest absolute Gasteiger partial charge is 0.492 e. The molecule has 0 aliphatic heterocycles. The number of hydrogen-bond acceptors (Lipinski definition) is 3. The lowest BCUT2D eigenvalue weighted by atomic mass is 10.1. The number of amides is 1. The second-order valence-corrected chi connectivity index (χ2v) is 5.76. The van der Waals surface area contributed by atoms with E-state index in [0.29, 0.717) is 26.1 Å². The summed E-state index contributed by atoms with van der Waals surface area (Å²) in [6.45, 7) is 5.78. The number of nitrogens with zero attached hydrogens (tertiary/aromatic N) is 2. The van der Waals surface area contributed by atoms with Gasteiger partial charge in [0.05, 0.1) is 24.1 Å². The lowest BCUT2D eigenvalue weighted by molar-refractivity contribution is -0.109. The van der Waals surface area contributed by atoms with Crippen LogP contribution in [-0.4, -0.2) is 22.6 Å². The van der Waals surface area contributed by atoms with Crippen molar-refractivity contribution in [2.45, 2.75) is 26.9 Å². The molecular weight excluding hydrogens is 302 g/mol. The molecule has 24 heavy (non-hydrogen) atoms. The predicted octanol–water partition coefficient (Wildman–Crippen LogP) is 2.98. The Morgan fingerprint density at radius 2 is 2.00 bits per heavy atom. The lowest BCUT2D eigenvalue weighted by Crippen LogP contribution is -2.17. The average molecular weight is 323 g/mol. The van der Waals surface area contributed by atoms with E-state index in [2.05, 4.69) is 40.8 Å². The lowest BCUT2D eigenvalue weighted by Gasteiger charge is -2.11. The number of aryl methyl sites for hydroxylation is 2. The highest BCUT2D eigenvalue weighted by molar-refractivity contribution is 5.75. The molecule has 124 valence electrons. The first-order valence-electron chi connectivity index (χ1n) is 8.00. The molecule has 1 heterocycles. The van der Waals surface area contributed by atoms with Gasteiger partial charge in [-0.1, -0.05) is 18.2 Å². The fourth-order valence-corrected chi connectivity index (χ4v) is 2.70. The zero-order chi connectivity index (χ0) is 16.9. The van der Waals surface area contributed by atoms with Crippen LogP contribution in [0.15, 0.2) is 42.5 Å². The van der Waals surface area contributed by atoms with Crippen molar-refractivity contribution >= 4 is 17.4 Å². The SMILES string of the molecule is Cc1ccc(OCCn2c(CNC=O)nc3ccccc32)cc1C. The van der Waals surface area contributed by atoms with E-state index in [1.807, 2.05) is 30.3 Å². The molecule has 3 rings (SSSR count). The van der Waals surface area contributed by atoms with Gasteiger partial charge < -0.3 is 14.6 Å². The number of nitrogens with one attached hydrogen (secondary N) is 1. The minimum atomic E-state index is 0.405. The first-order valence-corrected chi connectivity index (χ1v) is 8.00. The molecule has 1 N–H and O–H groups in total. The summed E-state index contributed by atoms with van der Waals surface area (Å²) < 4.78 is 7.98. The molecule has 0 saturated carbocycles. The summed E-state index contributed by atoms with van der Waals surface area (Å²) in [5, 5.41) is 2.68. The molecular formula is C19H21N3O2. The second kappa shape index (κ2) is 7.17. The number of aromatic nitrogens is 2. The minimum absolute atomic E-state index is 0.405. The Morgan fingerprint density at radius 1 is 1.17 bits per heavy atom. The Kier molecular flexibility index (Phi) is 4.79. The van der Waals surface area contributed by atoms with E-state index < -0.39 is 0 Å². The van der Waals surface area contributed by atoms with Crippen molar-refractivity contribution in [1.82, 2.24) is 14.9 Å². The zero-order valence-corrected chi connectivity index (χ0v) is 14.0. The number of carbonyl (C=O) groups excluding carboxylic acids is 1. The van der Waals surface area contributed by atoms with Gasteiger partial charge in [0.25, 0.3) is 0 Å². The van der Waals surface area contributed by atoms with Gasteiger partial charge in [-0.05, 0) is 49.2 Å². The van der Waals surface area contributed by atoms with Gasteiger partial charge in [-0.3, -0.25) is 4.79 Å². The summed E-state index contributed by atoms with van der Waals surface area (Å²) in [6, 6.07) is 14.1. The number of ether oxygens (including phenoxy) is 1. The Labute approximate surface area is 141 Å². The van der Waals surface area contributed by atoms with Gasteiger partial charge in [0.1, 0.15) is 18.2 Å². The van der Waals surface area contributed by atoms with Crippen LogP contribution in [0.4, 0.5) is 0 Å². The second-order valence-electron chi connectivity index (χ2n) is 5.76. The number of carbonyl (C=O) groups is 1. The fourth-order valence-electron chi connectivity index (χ4n) is 2.70. The monoisotopic (exact) mass is 323 g/mol. The maximum Gasteiger partial charge on any atom is 0.207 e. The van der Waals surface area contributed by atoms with Crippen molar-refractivity contribution in [3.63, 3.8) is 0 Å². The van der Waals surface area contributed by atoms with Crippen LogP contribution in [0.3, 0.4) is 0 Å². The highest BCUT2D eigenvalue weighted by Crippen LogP contribution is 2.18. The maximum atomic E-state index is 10.6. The van der Waals surface area contributed by atoms with Crippen LogP contribution in [0.2, 0.25) is 0 Å².